The molecule has 1 aliphatic rings. The number of nitrogens with two attached hydrogens (primary N) is 1. The van der Waals surface area contributed by atoms with Gasteiger partial charge in [0.05, 0.1) is 13.0 Å². The molecule has 0 aromatic rings. The Hall–Kier alpha value is -1.10. The molecule has 5 heteroatoms. The van der Waals surface area contributed by atoms with Gasteiger partial charge in [0.25, 0.3) is 0 Å². The number of esters is 1. The van der Waals surface area contributed by atoms with Crippen molar-refractivity contribution in [3.05, 3.63) is 0 Å². The van der Waals surface area contributed by atoms with Crippen molar-refractivity contribution >= 4 is 11.9 Å². The van der Waals surface area contributed by atoms with Gasteiger partial charge in [-0.3, -0.25) is 9.59 Å². The molecule has 1 rings (SSSR count). The maximum Gasteiger partial charge on any atom is 0.308 e. The van der Waals surface area contributed by atoms with Gasteiger partial charge >= 0.3 is 5.97 Å². The van der Waals surface area contributed by atoms with Crippen molar-refractivity contribution in [3.63, 3.8) is 0 Å². The summed E-state index contributed by atoms with van der Waals surface area (Å²) in [5, 5.41) is 2.90. The Kier molecular flexibility index (Phi) is 7.87. The third-order valence-electron chi connectivity index (χ3n) is 5.19. The van der Waals surface area contributed by atoms with Crippen LogP contribution in [0, 0.1) is 23.7 Å². The summed E-state index contributed by atoms with van der Waals surface area (Å²) in [4.78, 5) is 22.7. The Balaban J connectivity index is 2.42. The van der Waals surface area contributed by atoms with Gasteiger partial charge in [-0.25, -0.2) is 0 Å². The summed E-state index contributed by atoms with van der Waals surface area (Å²) in [6, 6.07) is 0.104. The van der Waals surface area contributed by atoms with E-state index in [0.29, 0.717) is 17.8 Å². The number of carbonyl (C=O) groups excluding carboxylic acids is 2. The van der Waals surface area contributed by atoms with E-state index in [0.717, 1.165) is 38.6 Å². The number of carbonyl (C=O) groups is 2. The average Bonchev–Trinajstić information content (AvgIpc) is 2.86. The van der Waals surface area contributed by atoms with Crippen LogP contribution in [0.3, 0.4) is 0 Å². The van der Waals surface area contributed by atoms with Crippen LogP contribution in [0.2, 0.25) is 0 Å². The predicted molar refractivity (Wildman–Crippen MR) is 87.1 cm³/mol. The van der Waals surface area contributed by atoms with Gasteiger partial charge in [0.2, 0.25) is 5.91 Å². The van der Waals surface area contributed by atoms with Crippen LogP contribution < -0.4 is 11.1 Å². The highest BCUT2D eigenvalue weighted by Crippen LogP contribution is 2.35. The minimum Gasteiger partial charge on any atom is -0.469 e. The first kappa shape index (κ1) is 18.9. The molecule has 0 aromatic carbocycles. The Bertz CT molecular complexity index is 373. The molecular weight excluding hydrogens is 280 g/mol. The number of methoxy groups -OCH3 is 1. The second-order valence-electron chi connectivity index (χ2n) is 6.78. The SMILES string of the molecule is CC[C@H](CCC1CC(C(=O)OC)C[C@H]1N)C(C)CNC(C)=O. The highest BCUT2D eigenvalue weighted by Gasteiger charge is 2.36. The first-order chi connectivity index (χ1) is 10.4. The quantitative estimate of drug-likeness (QED) is 0.672. The van der Waals surface area contributed by atoms with E-state index < -0.39 is 0 Å². The van der Waals surface area contributed by atoms with Crippen LogP contribution in [0.1, 0.15) is 52.9 Å². The van der Waals surface area contributed by atoms with E-state index in [2.05, 4.69) is 19.2 Å². The fraction of sp³-hybridized carbons (Fsp3) is 0.882. The molecule has 1 amide bonds. The van der Waals surface area contributed by atoms with E-state index >= 15 is 0 Å². The van der Waals surface area contributed by atoms with Crippen molar-refractivity contribution in [1.29, 1.82) is 0 Å². The summed E-state index contributed by atoms with van der Waals surface area (Å²) < 4.78 is 4.84. The Morgan fingerprint density at radius 1 is 1.36 bits per heavy atom. The first-order valence-corrected chi connectivity index (χ1v) is 8.46. The molecule has 0 radical (unpaired) electrons. The lowest BCUT2D eigenvalue weighted by molar-refractivity contribution is -0.145. The van der Waals surface area contributed by atoms with Crippen molar-refractivity contribution < 1.29 is 14.3 Å². The molecule has 5 atom stereocenters. The number of ether oxygens (including phenoxy) is 1. The molecule has 3 N–H and O–H groups in total. The van der Waals surface area contributed by atoms with E-state index in [9.17, 15) is 9.59 Å². The third kappa shape index (κ3) is 5.59. The highest BCUT2D eigenvalue weighted by molar-refractivity contribution is 5.73. The molecule has 0 aromatic heterocycles. The molecule has 5 nitrogen and oxygen atoms in total. The lowest BCUT2D eigenvalue weighted by atomic mass is 9.84. The molecule has 0 bridgehead atoms. The van der Waals surface area contributed by atoms with E-state index in [-0.39, 0.29) is 23.8 Å². The van der Waals surface area contributed by atoms with Crippen LogP contribution in [0.4, 0.5) is 0 Å². The van der Waals surface area contributed by atoms with Crippen LogP contribution in [-0.2, 0) is 14.3 Å². The average molecular weight is 312 g/mol. The van der Waals surface area contributed by atoms with E-state index in [1.54, 1.807) is 6.92 Å². The monoisotopic (exact) mass is 312 g/mol. The van der Waals surface area contributed by atoms with Crippen molar-refractivity contribution in [1.82, 2.24) is 5.32 Å². The second kappa shape index (κ2) is 9.13. The molecule has 0 spiro atoms. The molecule has 0 saturated heterocycles. The van der Waals surface area contributed by atoms with Gasteiger partial charge in [0.1, 0.15) is 0 Å². The van der Waals surface area contributed by atoms with E-state index in [1.165, 1.54) is 7.11 Å². The number of nitrogens with one attached hydrogen (secondary N) is 1. The number of amides is 1. The van der Waals surface area contributed by atoms with Crippen molar-refractivity contribution in [2.45, 2.75) is 58.9 Å². The maximum atomic E-state index is 11.6. The maximum absolute atomic E-state index is 11.6. The van der Waals surface area contributed by atoms with Crippen LogP contribution in [0.15, 0.2) is 0 Å². The summed E-state index contributed by atoms with van der Waals surface area (Å²) in [7, 11) is 1.44. The second-order valence-corrected chi connectivity index (χ2v) is 6.78. The number of rotatable bonds is 8. The van der Waals surface area contributed by atoms with Crippen LogP contribution in [0.25, 0.3) is 0 Å². The normalized spacial score (nSPS) is 27.2. The minimum absolute atomic E-state index is 0.0260. The molecule has 128 valence electrons. The van der Waals surface area contributed by atoms with Crippen LogP contribution in [-0.4, -0.2) is 31.6 Å². The number of hydrogen-bond donors (Lipinski definition) is 2. The molecule has 0 heterocycles. The van der Waals surface area contributed by atoms with Crippen molar-refractivity contribution in [2.75, 3.05) is 13.7 Å². The zero-order chi connectivity index (χ0) is 16.7. The van der Waals surface area contributed by atoms with Crippen LogP contribution >= 0.6 is 0 Å². The van der Waals surface area contributed by atoms with E-state index in [4.69, 9.17) is 10.5 Å². The molecular formula is C17H32N2O3. The van der Waals surface area contributed by atoms with Gasteiger partial charge in [-0.05, 0) is 43.4 Å². The summed E-state index contributed by atoms with van der Waals surface area (Å²) in [6.45, 7) is 6.67. The van der Waals surface area contributed by atoms with Gasteiger partial charge in [-0.15, -0.1) is 0 Å². The standard InChI is InChI=1S/C17H32N2O3/c1-5-13(11(2)10-19-12(3)20)6-7-14-8-15(9-16(14)18)17(21)22-4/h11,13-16H,5-10,18H2,1-4H3,(H,19,20)/t11?,13-,14?,15?,16-/m1/s1. The Morgan fingerprint density at radius 3 is 2.59 bits per heavy atom. The molecule has 3 unspecified atom stereocenters. The fourth-order valence-electron chi connectivity index (χ4n) is 3.64. The zero-order valence-electron chi connectivity index (χ0n) is 14.4. The van der Waals surface area contributed by atoms with Gasteiger partial charge in [0.15, 0.2) is 0 Å². The van der Waals surface area contributed by atoms with Gasteiger partial charge in [-0.1, -0.05) is 20.3 Å². The predicted octanol–water partition coefficient (Wildman–Crippen LogP) is 2.09. The smallest absolute Gasteiger partial charge is 0.308 e. The summed E-state index contributed by atoms with van der Waals surface area (Å²) in [6.07, 6.45) is 4.85. The largest absolute Gasteiger partial charge is 0.469 e. The molecule has 1 saturated carbocycles. The summed E-state index contributed by atoms with van der Waals surface area (Å²) in [5.74, 6) is 1.33. The Labute approximate surface area is 134 Å². The molecule has 0 aliphatic heterocycles. The van der Waals surface area contributed by atoms with Gasteiger partial charge in [-0.2, -0.15) is 0 Å². The summed E-state index contributed by atoms with van der Waals surface area (Å²) in [5.41, 5.74) is 6.20. The highest BCUT2D eigenvalue weighted by atomic mass is 16.5. The molecule has 1 aliphatic carbocycles. The van der Waals surface area contributed by atoms with Crippen LogP contribution in [0.5, 0.6) is 0 Å². The van der Waals surface area contributed by atoms with Gasteiger partial charge < -0.3 is 15.8 Å². The summed E-state index contributed by atoms with van der Waals surface area (Å²) >= 11 is 0. The van der Waals surface area contributed by atoms with Gasteiger partial charge in [0, 0.05) is 19.5 Å². The topological polar surface area (TPSA) is 81.4 Å². The first-order valence-electron chi connectivity index (χ1n) is 8.46. The fourth-order valence-corrected chi connectivity index (χ4v) is 3.64. The lowest BCUT2D eigenvalue weighted by Gasteiger charge is -2.25. The van der Waals surface area contributed by atoms with Crippen molar-refractivity contribution in [3.8, 4) is 0 Å². The third-order valence-corrected chi connectivity index (χ3v) is 5.19. The Morgan fingerprint density at radius 2 is 2.05 bits per heavy atom. The molecule has 22 heavy (non-hydrogen) atoms. The molecule has 1 fully saturated rings. The zero-order valence-corrected chi connectivity index (χ0v) is 14.4. The van der Waals surface area contributed by atoms with E-state index in [1.807, 2.05) is 0 Å². The lowest BCUT2D eigenvalue weighted by Crippen LogP contribution is -2.30. The van der Waals surface area contributed by atoms with Crippen molar-refractivity contribution in [2.24, 2.45) is 29.4 Å². The number of hydrogen-bond acceptors (Lipinski definition) is 4. The minimum atomic E-state index is -0.121.